The van der Waals surface area contributed by atoms with E-state index in [1.807, 2.05) is 54.6 Å². The van der Waals surface area contributed by atoms with E-state index in [1.54, 1.807) is 18.2 Å². The molecule has 0 saturated heterocycles. The Bertz CT molecular complexity index is 1130. The van der Waals surface area contributed by atoms with Crippen LogP contribution in [0, 0.1) is 0 Å². The zero-order chi connectivity index (χ0) is 25.8. The molecule has 3 aromatic carbocycles. The Hall–Kier alpha value is -4.33. The number of rotatable bonds is 12. The van der Waals surface area contributed by atoms with E-state index < -0.39 is 0 Å². The van der Waals surface area contributed by atoms with Gasteiger partial charge in [0, 0.05) is 37.3 Å². The maximum Gasteiger partial charge on any atom is 0.251 e. The Morgan fingerprint density at radius 1 is 0.722 bits per heavy atom. The fourth-order valence-electron chi connectivity index (χ4n) is 3.40. The van der Waals surface area contributed by atoms with Crippen molar-refractivity contribution in [2.75, 3.05) is 23.8 Å². The van der Waals surface area contributed by atoms with E-state index in [4.69, 9.17) is 9.47 Å². The molecule has 3 aromatic rings. The second-order valence-electron chi connectivity index (χ2n) is 8.22. The molecule has 0 aliphatic carbocycles. The minimum Gasteiger partial charge on any atom is -0.494 e. The highest BCUT2D eigenvalue weighted by atomic mass is 16.5. The van der Waals surface area contributed by atoms with Crippen LogP contribution in [0.2, 0.25) is 0 Å². The van der Waals surface area contributed by atoms with Gasteiger partial charge in [-0.3, -0.25) is 14.4 Å². The zero-order valence-electron chi connectivity index (χ0n) is 20.5. The number of ether oxygens (including phenoxy) is 2. The highest BCUT2D eigenvalue weighted by Crippen LogP contribution is 2.20. The molecule has 0 saturated carbocycles. The molecule has 36 heavy (non-hydrogen) atoms. The van der Waals surface area contributed by atoms with Crippen molar-refractivity contribution in [3.05, 3.63) is 83.9 Å². The van der Waals surface area contributed by atoms with E-state index in [1.165, 1.54) is 13.8 Å². The van der Waals surface area contributed by atoms with Gasteiger partial charge in [-0.05, 0) is 60.9 Å². The van der Waals surface area contributed by atoms with Gasteiger partial charge in [-0.1, -0.05) is 30.3 Å². The van der Waals surface area contributed by atoms with E-state index in [0.29, 0.717) is 36.7 Å². The first-order valence-electron chi connectivity index (χ1n) is 11.8. The molecule has 0 unspecified atom stereocenters. The van der Waals surface area contributed by atoms with E-state index >= 15 is 0 Å². The largest absolute Gasteiger partial charge is 0.494 e. The quantitative estimate of drug-likeness (QED) is 0.318. The molecule has 0 aliphatic heterocycles. The van der Waals surface area contributed by atoms with Gasteiger partial charge in [0.05, 0.1) is 6.61 Å². The van der Waals surface area contributed by atoms with Crippen LogP contribution in [0.1, 0.15) is 42.6 Å². The van der Waals surface area contributed by atoms with Crippen molar-refractivity contribution in [2.45, 2.75) is 33.3 Å². The minimum absolute atomic E-state index is 0.268. The third kappa shape index (κ3) is 9.13. The molecule has 3 amide bonds. The molecule has 8 nitrogen and oxygen atoms in total. The van der Waals surface area contributed by atoms with Crippen molar-refractivity contribution in [1.29, 1.82) is 0 Å². The van der Waals surface area contributed by atoms with E-state index in [-0.39, 0.29) is 17.7 Å². The Morgan fingerprint density at radius 2 is 1.31 bits per heavy atom. The summed E-state index contributed by atoms with van der Waals surface area (Å²) in [5.74, 6) is 0.705. The average molecular weight is 490 g/mol. The number of anilines is 2. The number of nitrogens with one attached hydrogen (secondary N) is 3. The second kappa shape index (κ2) is 13.5. The second-order valence-corrected chi connectivity index (χ2v) is 8.22. The summed E-state index contributed by atoms with van der Waals surface area (Å²) in [5.41, 5.74) is 2.32. The van der Waals surface area contributed by atoms with Crippen molar-refractivity contribution in [3.8, 4) is 11.5 Å². The summed E-state index contributed by atoms with van der Waals surface area (Å²) in [5, 5.41) is 8.13. The van der Waals surface area contributed by atoms with Crippen LogP contribution in [0.3, 0.4) is 0 Å². The standard InChI is InChI=1S/C28H31N3O5/c1-20(32)30-24-16-23(17-25(18-24)31-21(2)33)28(34)29-14-6-7-15-35-26-10-12-27(13-11-26)36-19-22-8-4-3-5-9-22/h3-5,8-13,16-18H,6-7,14-15,19H2,1-2H3,(H,29,34)(H,30,32)(H,31,33). The fourth-order valence-corrected chi connectivity index (χ4v) is 3.40. The molecule has 0 spiro atoms. The lowest BCUT2D eigenvalue weighted by Gasteiger charge is -2.11. The Labute approximate surface area is 211 Å². The lowest BCUT2D eigenvalue weighted by molar-refractivity contribution is -0.115. The summed E-state index contributed by atoms with van der Waals surface area (Å²) in [7, 11) is 0. The smallest absolute Gasteiger partial charge is 0.251 e. The molecule has 0 aliphatic rings. The predicted molar refractivity (Wildman–Crippen MR) is 139 cm³/mol. The Balaban J connectivity index is 1.38. The molecule has 0 heterocycles. The van der Waals surface area contributed by atoms with Crippen LogP contribution in [0.15, 0.2) is 72.8 Å². The first kappa shape index (κ1) is 26.3. The van der Waals surface area contributed by atoms with Gasteiger partial charge in [-0.2, -0.15) is 0 Å². The van der Waals surface area contributed by atoms with Gasteiger partial charge in [0.15, 0.2) is 0 Å². The number of amides is 3. The normalized spacial score (nSPS) is 10.3. The van der Waals surface area contributed by atoms with Crippen LogP contribution in [0.5, 0.6) is 11.5 Å². The monoisotopic (exact) mass is 489 g/mol. The lowest BCUT2D eigenvalue weighted by Crippen LogP contribution is -2.25. The maximum absolute atomic E-state index is 12.6. The molecule has 188 valence electrons. The van der Waals surface area contributed by atoms with E-state index in [2.05, 4.69) is 16.0 Å². The minimum atomic E-state index is -0.291. The molecule has 8 heteroatoms. The summed E-state index contributed by atoms with van der Waals surface area (Å²) in [6.45, 7) is 4.25. The Morgan fingerprint density at radius 3 is 1.89 bits per heavy atom. The molecular formula is C28H31N3O5. The van der Waals surface area contributed by atoms with Gasteiger partial charge >= 0.3 is 0 Å². The topological polar surface area (TPSA) is 106 Å². The summed E-state index contributed by atoms with van der Waals surface area (Å²) >= 11 is 0. The fraction of sp³-hybridized carbons (Fsp3) is 0.250. The molecule has 0 radical (unpaired) electrons. The van der Waals surface area contributed by atoms with Crippen LogP contribution in [-0.4, -0.2) is 30.9 Å². The van der Waals surface area contributed by atoms with Crippen LogP contribution in [-0.2, 0) is 16.2 Å². The van der Waals surface area contributed by atoms with Gasteiger partial charge in [0.2, 0.25) is 11.8 Å². The predicted octanol–water partition coefficient (Wildman–Crippen LogP) is 4.77. The first-order valence-corrected chi connectivity index (χ1v) is 11.8. The first-order chi connectivity index (χ1) is 17.4. The number of carbonyl (C=O) groups excluding carboxylic acids is 3. The third-order valence-corrected chi connectivity index (χ3v) is 5.03. The molecular weight excluding hydrogens is 458 g/mol. The maximum atomic E-state index is 12.6. The number of hydrogen-bond donors (Lipinski definition) is 3. The zero-order valence-corrected chi connectivity index (χ0v) is 20.5. The molecule has 0 atom stereocenters. The molecule has 0 aromatic heterocycles. The van der Waals surface area contributed by atoms with Crippen LogP contribution >= 0.6 is 0 Å². The summed E-state index contributed by atoms with van der Waals surface area (Å²) in [6.07, 6.45) is 1.49. The van der Waals surface area contributed by atoms with Crippen LogP contribution in [0.25, 0.3) is 0 Å². The van der Waals surface area contributed by atoms with Crippen LogP contribution < -0.4 is 25.4 Å². The number of hydrogen-bond acceptors (Lipinski definition) is 5. The van der Waals surface area contributed by atoms with Gasteiger partial charge in [-0.25, -0.2) is 0 Å². The number of unbranched alkanes of at least 4 members (excludes halogenated alkanes) is 1. The third-order valence-electron chi connectivity index (χ3n) is 5.03. The van der Waals surface area contributed by atoms with Crippen molar-refractivity contribution < 1.29 is 23.9 Å². The molecule has 3 rings (SSSR count). The van der Waals surface area contributed by atoms with Crippen molar-refractivity contribution in [2.24, 2.45) is 0 Å². The van der Waals surface area contributed by atoms with Crippen molar-refractivity contribution in [3.63, 3.8) is 0 Å². The van der Waals surface area contributed by atoms with E-state index in [9.17, 15) is 14.4 Å². The average Bonchev–Trinajstić information content (AvgIpc) is 2.85. The highest BCUT2D eigenvalue weighted by molar-refractivity contribution is 5.99. The Kier molecular flexibility index (Phi) is 9.88. The lowest BCUT2D eigenvalue weighted by atomic mass is 10.1. The van der Waals surface area contributed by atoms with Gasteiger partial charge in [-0.15, -0.1) is 0 Å². The number of benzene rings is 3. The summed E-state index contributed by atoms with van der Waals surface area (Å²) in [6, 6.07) is 22.2. The van der Waals surface area contributed by atoms with Crippen LogP contribution in [0.4, 0.5) is 11.4 Å². The summed E-state index contributed by atoms with van der Waals surface area (Å²) in [4.78, 5) is 35.3. The molecule has 0 fully saturated rings. The van der Waals surface area contributed by atoms with Gasteiger partial charge in [0.25, 0.3) is 5.91 Å². The van der Waals surface area contributed by atoms with Crippen molar-refractivity contribution in [1.82, 2.24) is 5.32 Å². The highest BCUT2D eigenvalue weighted by Gasteiger charge is 2.10. The molecule has 0 bridgehead atoms. The summed E-state index contributed by atoms with van der Waals surface area (Å²) < 4.78 is 11.6. The number of carbonyl (C=O) groups is 3. The van der Waals surface area contributed by atoms with Gasteiger partial charge < -0.3 is 25.4 Å². The van der Waals surface area contributed by atoms with Crippen molar-refractivity contribution >= 4 is 29.1 Å². The van der Waals surface area contributed by atoms with Gasteiger partial charge in [0.1, 0.15) is 18.1 Å². The SMILES string of the molecule is CC(=O)Nc1cc(NC(C)=O)cc(C(=O)NCCCCOc2ccc(OCc3ccccc3)cc2)c1. The molecule has 3 N–H and O–H groups in total. The van der Waals surface area contributed by atoms with E-state index in [0.717, 1.165) is 29.9 Å².